The zero-order chi connectivity index (χ0) is 20.2. The molecule has 152 valence electrons. The first kappa shape index (κ1) is 21.6. The van der Waals surface area contributed by atoms with E-state index >= 15 is 0 Å². The Morgan fingerprint density at radius 3 is 2.52 bits per heavy atom. The van der Waals surface area contributed by atoms with Gasteiger partial charge in [0.2, 0.25) is 15.9 Å². The van der Waals surface area contributed by atoms with Crippen molar-refractivity contribution in [1.82, 2.24) is 4.31 Å². The van der Waals surface area contributed by atoms with Crippen LogP contribution in [0.4, 0.5) is 5.69 Å². The Morgan fingerprint density at radius 2 is 1.96 bits per heavy atom. The van der Waals surface area contributed by atoms with Gasteiger partial charge in [-0.25, -0.2) is 8.42 Å². The summed E-state index contributed by atoms with van der Waals surface area (Å²) in [5.41, 5.74) is 5.92. The highest BCUT2D eigenvalue weighted by molar-refractivity contribution is 7.89. The minimum absolute atomic E-state index is 0.0216. The average Bonchev–Trinajstić information content (AvgIpc) is 2.62. The molecular formula is C18H29N3O5S. The van der Waals surface area contributed by atoms with Gasteiger partial charge in [-0.3, -0.25) is 4.79 Å². The predicted octanol–water partition coefficient (Wildman–Crippen LogP) is 1.42. The van der Waals surface area contributed by atoms with Gasteiger partial charge in [-0.2, -0.15) is 4.31 Å². The lowest BCUT2D eigenvalue weighted by Gasteiger charge is -2.27. The first-order valence-electron chi connectivity index (χ1n) is 8.98. The molecule has 1 atom stereocenters. The predicted molar refractivity (Wildman–Crippen MR) is 103 cm³/mol. The van der Waals surface area contributed by atoms with Crippen LogP contribution in [0.25, 0.3) is 0 Å². The van der Waals surface area contributed by atoms with Gasteiger partial charge in [0.25, 0.3) is 0 Å². The van der Waals surface area contributed by atoms with Crippen LogP contribution in [0.2, 0.25) is 0 Å². The third kappa shape index (κ3) is 5.19. The largest absolute Gasteiger partial charge is 0.492 e. The number of nitrogens with one attached hydrogen (secondary N) is 1. The second-order valence-corrected chi connectivity index (χ2v) is 9.35. The normalized spacial score (nSPS) is 17.4. The molecule has 1 aliphatic heterocycles. The third-order valence-electron chi connectivity index (χ3n) is 4.31. The maximum Gasteiger partial charge on any atom is 0.246 e. The number of rotatable bonds is 6. The van der Waals surface area contributed by atoms with Crippen molar-refractivity contribution in [3.63, 3.8) is 0 Å². The summed E-state index contributed by atoms with van der Waals surface area (Å²) in [7, 11) is -3.78. The lowest BCUT2D eigenvalue weighted by atomic mass is 9.87. The summed E-state index contributed by atoms with van der Waals surface area (Å²) in [6.45, 7) is 8.95. The second kappa shape index (κ2) is 8.55. The molecule has 2 rings (SSSR count). The lowest BCUT2D eigenvalue weighted by Crippen LogP contribution is -2.45. The summed E-state index contributed by atoms with van der Waals surface area (Å²) in [4.78, 5) is 12.4. The molecule has 0 radical (unpaired) electrons. The zero-order valence-corrected chi connectivity index (χ0v) is 17.1. The van der Waals surface area contributed by atoms with Gasteiger partial charge in [0.05, 0.1) is 25.9 Å². The molecule has 1 aromatic carbocycles. The quantitative estimate of drug-likeness (QED) is 0.748. The molecule has 0 bridgehead atoms. The smallest absolute Gasteiger partial charge is 0.246 e. The molecule has 1 aliphatic rings. The number of sulfonamides is 1. The van der Waals surface area contributed by atoms with Crippen LogP contribution in [0.15, 0.2) is 23.1 Å². The van der Waals surface area contributed by atoms with Gasteiger partial charge < -0.3 is 20.5 Å². The highest BCUT2D eigenvalue weighted by atomic mass is 32.2. The van der Waals surface area contributed by atoms with Gasteiger partial charge in [-0.1, -0.05) is 20.8 Å². The fourth-order valence-corrected chi connectivity index (χ4v) is 4.17. The maximum atomic E-state index is 13.1. The SMILES string of the molecule is CCOc1ccc(NC(=O)[C@@H](N)C(C)(C)C)cc1S(=O)(=O)N1CCOCC1. The van der Waals surface area contributed by atoms with Crippen molar-refractivity contribution in [3.05, 3.63) is 18.2 Å². The standard InChI is InChI=1S/C18H29N3O5S/c1-5-26-14-7-6-13(20-17(22)16(19)18(2,3)4)12-15(14)27(23,24)21-8-10-25-11-9-21/h6-7,12,16H,5,8-11,19H2,1-4H3,(H,20,22)/t16-/m1/s1. The summed E-state index contributed by atoms with van der Waals surface area (Å²) in [5, 5.41) is 2.71. The molecule has 1 fully saturated rings. The maximum absolute atomic E-state index is 13.1. The van der Waals surface area contributed by atoms with Gasteiger partial charge in [0.1, 0.15) is 10.6 Å². The number of nitrogens with zero attached hydrogens (tertiary/aromatic N) is 1. The van der Waals surface area contributed by atoms with E-state index in [9.17, 15) is 13.2 Å². The number of morpholine rings is 1. The Hall–Kier alpha value is -1.68. The summed E-state index contributed by atoms with van der Waals surface area (Å²) >= 11 is 0. The van der Waals surface area contributed by atoms with Crippen LogP contribution in [0.3, 0.4) is 0 Å². The van der Waals surface area contributed by atoms with Crippen LogP contribution in [0.1, 0.15) is 27.7 Å². The van der Waals surface area contributed by atoms with Gasteiger partial charge in [-0.05, 0) is 30.5 Å². The summed E-state index contributed by atoms with van der Waals surface area (Å²) in [5.74, 6) is -0.122. The highest BCUT2D eigenvalue weighted by Crippen LogP contribution is 2.31. The van der Waals surface area contributed by atoms with Crippen molar-refractivity contribution >= 4 is 21.6 Å². The number of carbonyl (C=O) groups excluding carboxylic acids is 1. The van der Waals surface area contributed by atoms with E-state index < -0.39 is 21.5 Å². The van der Waals surface area contributed by atoms with E-state index in [0.29, 0.717) is 25.5 Å². The van der Waals surface area contributed by atoms with Crippen molar-refractivity contribution in [2.75, 3.05) is 38.2 Å². The van der Waals surface area contributed by atoms with Crippen LogP contribution < -0.4 is 15.8 Å². The number of anilines is 1. The van der Waals surface area contributed by atoms with E-state index in [0.717, 1.165) is 0 Å². The summed E-state index contributed by atoms with van der Waals surface area (Å²) in [6, 6.07) is 3.85. The van der Waals surface area contributed by atoms with Crippen molar-refractivity contribution in [2.45, 2.75) is 38.6 Å². The van der Waals surface area contributed by atoms with Crippen LogP contribution in [-0.4, -0.2) is 57.6 Å². The van der Waals surface area contributed by atoms with Crippen molar-refractivity contribution < 1.29 is 22.7 Å². The van der Waals surface area contributed by atoms with E-state index in [-0.39, 0.29) is 29.6 Å². The fourth-order valence-electron chi connectivity index (χ4n) is 2.60. The van der Waals surface area contributed by atoms with E-state index in [1.54, 1.807) is 19.1 Å². The number of amides is 1. The van der Waals surface area contributed by atoms with Gasteiger partial charge >= 0.3 is 0 Å². The molecule has 0 unspecified atom stereocenters. The molecule has 3 N–H and O–H groups in total. The molecule has 0 spiro atoms. The van der Waals surface area contributed by atoms with Crippen LogP contribution >= 0.6 is 0 Å². The third-order valence-corrected chi connectivity index (χ3v) is 6.23. The number of ether oxygens (including phenoxy) is 2. The molecule has 1 heterocycles. The second-order valence-electron chi connectivity index (χ2n) is 7.44. The number of carbonyl (C=O) groups is 1. The molecule has 27 heavy (non-hydrogen) atoms. The summed E-state index contributed by atoms with van der Waals surface area (Å²) in [6.07, 6.45) is 0. The topological polar surface area (TPSA) is 111 Å². The van der Waals surface area contributed by atoms with Crippen LogP contribution in [0, 0.1) is 5.41 Å². The Kier molecular flexibility index (Phi) is 6.85. The van der Waals surface area contributed by atoms with E-state index in [2.05, 4.69) is 5.32 Å². The average molecular weight is 400 g/mol. The Bertz CT molecular complexity index is 768. The molecule has 8 nitrogen and oxygen atoms in total. The first-order chi connectivity index (χ1) is 12.6. The number of hydrogen-bond acceptors (Lipinski definition) is 6. The fraction of sp³-hybridized carbons (Fsp3) is 0.611. The molecular weight excluding hydrogens is 370 g/mol. The molecule has 1 aromatic rings. The molecule has 0 aliphatic carbocycles. The van der Waals surface area contributed by atoms with Crippen LogP contribution in [-0.2, 0) is 19.6 Å². The van der Waals surface area contributed by atoms with Crippen molar-refractivity contribution in [2.24, 2.45) is 11.1 Å². The van der Waals surface area contributed by atoms with Crippen molar-refractivity contribution in [1.29, 1.82) is 0 Å². The molecule has 0 aromatic heterocycles. The Morgan fingerprint density at radius 1 is 1.33 bits per heavy atom. The van der Waals surface area contributed by atoms with E-state index in [1.165, 1.54) is 10.4 Å². The summed E-state index contributed by atoms with van der Waals surface area (Å²) < 4.78 is 38.2. The Balaban J connectivity index is 2.35. The number of benzene rings is 1. The van der Waals surface area contributed by atoms with Crippen LogP contribution in [0.5, 0.6) is 5.75 Å². The molecule has 1 saturated heterocycles. The highest BCUT2D eigenvalue weighted by Gasteiger charge is 2.31. The minimum Gasteiger partial charge on any atom is -0.492 e. The minimum atomic E-state index is -3.78. The van der Waals surface area contributed by atoms with Gasteiger partial charge in [0, 0.05) is 18.8 Å². The molecule has 9 heteroatoms. The van der Waals surface area contributed by atoms with Crippen molar-refractivity contribution in [3.8, 4) is 5.75 Å². The molecule has 1 amide bonds. The number of hydrogen-bond donors (Lipinski definition) is 2. The lowest BCUT2D eigenvalue weighted by molar-refractivity contribution is -0.119. The van der Waals surface area contributed by atoms with E-state index in [1.807, 2.05) is 20.8 Å². The zero-order valence-electron chi connectivity index (χ0n) is 16.3. The molecule has 0 saturated carbocycles. The Labute approximate surface area is 161 Å². The monoisotopic (exact) mass is 399 g/mol. The number of nitrogens with two attached hydrogens (primary N) is 1. The van der Waals surface area contributed by atoms with E-state index in [4.69, 9.17) is 15.2 Å². The first-order valence-corrected chi connectivity index (χ1v) is 10.4. The van der Waals surface area contributed by atoms with Gasteiger partial charge in [0.15, 0.2) is 0 Å². The van der Waals surface area contributed by atoms with Gasteiger partial charge in [-0.15, -0.1) is 0 Å².